The molecule has 2 aromatic rings. The standard InChI is InChI=1S/C22H31N3O3S.HI/c1-16(2)15-28-20-10-8-19(9-11-20)17(3)25-22(23-4)24-14-18-6-12-21(13-7-18)29(5,26)27;/h6-13,16-17H,14-15H2,1-5H3,(H2,23,24,25);1H. The van der Waals surface area contributed by atoms with Gasteiger partial charge in [0.05, 0.1) is 17.5 Å². The van der Waals surface area contributed by atoms with E-state index in [1.54, 1.807) is 31.3 Å². The van der Waals surface area contributed by atoms with Crippen LogP contribution in [0.3, 0.4) is 0 Å². The van der Waals surface area contributed by atoms with E-state index in [9.17, 15) is 8.42 Å². The van der Waals surface area contributed by atoms with E-state index in [1.807, 2.05) is 24.3 Å². The van der Waals surface area contributed by atoms with Gasteiger partial charge in [-0.3, -0.25) is 4.99 Å². The summed E-state index contributed by atoms with van der Waals surface area (Å²) in [6.07, 6.45) is 1.20. The number of nitrogens with zero attached hydrogens (tertiary/aromatic N) is 1. The summed E-state index contributed by atoms with van der Waals surface area (Å²) in [5.41, 5.74) is 2.10. The lowest BCUT2D eigenvalue weighted by molar-refractivity contribution is 0.271. The molecule has 1 unspecified atom stereocenters. The van der Waals surface area contributed by atoms with Crippen LogP contribution in [0.1, 0.15) is 37.9 Å². The van der Waals surface area contributed by atoms with Crippen LogP contribution in [0.4, 0.5) is 0 Å². The van der Waals surface area contributed by atoms with Gasteiger partial charge in [-0.05, 0) is 48.2 Å². The molecule has 2 N–H and O–H groups in total. The normalized spacial score (nSPS) is 12.8. The highest BCUT2D eigenvalue weighted by molar-refractivity contribution is 14.0. The van der Waals surface area contributed by atoms with Gasteiger partial charge in [-0.1, -0.05) is 38.1 Å². The van der Waals surface area contributed by atoms with E-state index in [1.165, 1.54) is 6.26 Å². The van der Waals surface area contributed by atoms with Crippen LogP contribution in [-0.2, 0) is 16.4 Å². The number of ether oxygens (including phenoxy) is 1. The Morgan fingerprint density at radius 3 is 2.13 bits per heavy atom. The summed E-state index contributed by atoms with van der Waals surface area (Å²) < 4.78 is 28.8. The minimum absolute atomic E-state index is 0. The van der Waals surface area contributed by atoms with Gasteiger partial charge in [0.15, 0.2) is 15.8 Å². The molecule has 0 radical (unpaired) electrons. The number of nitrogens with one attached hydrogen (secondary N) is 2. The van der Waals surface area contributed by atoms with Crippen molar-refractivity contribution in [2.45, 2.75) is 38.3 Å². The molecule has 0 saturated carbocycles. The lowest BCUT2D eigenvalue weighted by Gasteiger charge is -2.19. The maximum atomic E-state index is 11.5. The number of sulfone groups is 1. The Kier molecular flexibility index (Phi) is 10.6. The SMILES string of the molecule is CN=C(NCc1ccc(S(C)(=O)=O)cc1)NC(C)c1ccc(OCC(C)C)cc1.I. The summed E-state index contributed by atoms with van der Waals surface area (Å²) in [4.78, 5) is 4.58. The van der Waals surface area contributed by atoms with Crippen LogP contribution >= 0.6 is 24.0 Å². The van der Waals surface area contributed by atoms with Crippen LogP contribution in [0.2, 0.25) is 0 Å². The van der Waals surface area contributed by atoms with Gasteiger partial charge < -0.3 is 15.4 Å². The van der Waals surface area contributed by atoms with Crippen molar-refractivity contribution in [1.82, 2.24) is 10.6 Å². The molecule has 30 heavy (non-hydrogen) atoms. The van der Waals surface area contributed by atoms with E-state index >= 15 is 0 Å². The Morgan fingerprint density at radius 1 is 1.03 bits per heavy atom. The van der Waals surface area contributed by atoms with Crippen LogP contribution in [0.25, 0.3) is 0 Å². The zero-order valence-corrected chi connectivity index (χ0v) is 21.3. The molecule has 0 saturated heterocycles. The van der Waals surface area contributed by atoms with Crippen molar-refractivity contribution < 1.29 is 13.2 Å². The average Bonchev–Trinajstić information content (AvgIpc) is 2.69. The number of hydrogen-bond acceptors (Lipinski definition) is 4. The fourth-order valence-electron chi connectivity index (χ4n) is 2.64. The number of halogens is 1. The van der Waals surface area contributed by atoms with Gasteiger partial charge in [-0.2, -0.15) is 0 Å². The van der Waals surface area contributed by atoms with Gasteiger partial charge in [0.1, 0.15) is 5.75 Å². The molecule has 0 fully saturated rings. The molecule has 0 heterocycles. The van der Waals surface area contributed by atoms with Crippen molar-refractivity contribution >= 4 is 39.8 Å². The fourth-order valence-corrected chi connectivity index (χ4v) is 3.27. The minimum Gasteiger partial charge on any atom is -0.493 e. The first-order valence-corrected chi connectivity index (χ1v) is 11.6. The van der Waals surface area contributed by atoms with E-state index in [4.69, 9.17) is 4.74 Å². The molecular weight excluding hydrogens is 513 g/mol. The second-order valence-corrected chi connectivity index (χ2v) is 9.50. The lowest BCUT2D eigenvalue weighted by atomic mass is 10.1. The lowest BCUT2D eigenvalue weighted by Crippen LogP contribution is -2.38. The van der Waals surface area contributed by atoms with Gasteiger partial charge >= 0.3 is 0 Å². The number of guanidine groups is 1. The highest BCUT2D eigenvalue weighted by Crippen LogP contribution is 2.18. The van der Waals surface area contributed by atoms with Crippen LogP contribution in [-0.4, -0.2) is 34.3 Å². The highest BCUT2D eigenvalue weighted by atomic mass is 127. The van der Waals surface area contributed by atoms with Crippen molar-refractivity contribution in [1.29, 1.82) is 0 Å². The first-order valence-electron chi connectivity index (χ1n) is 9.68. The Hall–Kier alpha value is -1.81. The molecule has 0 spiro atoms. The summed E-state index contributed by atoms with van der Waals surface area (Å²) in [7, 11) is -1.46. The molecule has 2 aromatic carbocycles. The van der Waals surface area contributed by atoms with Crippen molar-refractivity contribution in [2.24, 2.45) is 10.9 Å². The molecule has 0 bridgehead atoms. The molecule has 6 nitrogen and oxygen atoms in total. The number of benzene rings is 2. The predicted molar refractivity (Wildman–Crippen MR) is 133 cm³/mol. The number of rotatable bonds is 8. The average molecular weight is 545 g/mol. The van der Waals surface area contributed by atoms with Gasteiger partial charge in [0.2, 0.25) is 0 Å². The largest absolute Gasteiger partial charge is 0.493 e. The van der Waals surface area contributed by atoms with Gasteiger partial charge in [-0.15, -0.1) is 24.0 Å². The van der Waals surface area contributed by atoms with Crippen molar-refractivity contribution in [3.8, 4) is 5.75 Å². The maximum absolute atomic E-state index is 11.5. The van der Waals surface area contributed by atoms with Crippen molar-refractivity contribution in [2.75, 3.05) is 19.9 Å². The third-order valence-electron chi connectivity index (χ3n) is 4.35. The molecule has 0 aliphatic heterocycles. The first kappa shape index (κ1) is 26.2. The van der Waals surface area contributed by atoms with E-state index in [2.05, 4.69) is 36.4 Å². The molecule has 0 aliphatic rings. The smallest absolute Gasteiger partial charge is 0.191 e. The Balaban J connectivity index is 0.00000450. The van der Waals surface area contributed by atoms with Gasteiger partial charge in [0.25, 0.3) is 0 Å². The molecule has 0 amide bonds. The number of hydrogen-bond donors (Lipinski definition) is 2. The van der Waals surface area contributed by atoms with Gasteiger partial charge in [-0.25, -0.2) is 8.42 Å². The second kappa shape index (κ2) is 12.1. The Labute approximate surface area is 197 Å². The summed E-state index contributed by atoms with van der Waals surface area (Å²) in [5, 5.41) is 6.61. The fraction of sp³-hybridized carbons (Fsp3) is 0.409. The monoisotopic (exact) mass is 545 g/mol. The second-order valence-electron chi connectivity index (χ2n) is 7.48. The van der Waals surface area contributed by atoms with Crippen LogP contribution < -0.4 is 15.4 Å². The summed E-state index contributed by atoms with van der Waals surface area (Å²) in [6.45, 7) is 7.56. The molecule has 2 rings (SSSR count). The highest BCUT2D eigenvalue weighted by Gasteiger charge is 2.09. The molecule has 0 aliphatic carbocycles. The van der Waals surface area contributed by atoms with Crippen LogP contribution in [0.15, 0.2) is 58.4 Å². The van der Waals surface area contributed by atoms with Crippen molar-refractivity contribution in [3.63, 3.8) is 0 Å². The van der Waals surface area contributed by atoms with E-state index in [-0.39, 0.29) is 30.0 Å². The molecule has 0 aromatic heterocycles. The third-order valence-corrected chi connectivity index (χ3v) is 5.48. The third kappa shape index (κ3) is 8.51. The summed E-state index contributed by atoms with van der Waals surface area (Å²) in [5.74, 6) is 2.03. The zero-order chi connectivity index (χ0) is 21.4. The Bertz CT molecular complexity index is 912. The molecule has 1 atom stereocenters. The summed E-state index contributed by atoms with van der Waals surface area (Å²) in [6, 6.07) is 15.0. The predicted octanol–water partition coefficient (Wildman–Crippen LogP) is 4.17. The zero-order valence-electron chi connectivity index (χ0n) is 18.2. The van der Waals surface area contributed by atoms with E-state index in [0.717, 1.165) is 16.9 Å². The van der Waals surface area contributed by atoms with Crippen LogP contribution in [0, 0.1) is 5.92 Å². The molecule has 166 valence electrons. The van der Waals surface area contributed by atoms with Crippen molar-refractivity contribution in [3.05, 3.63) is 59.7 Å². The molecular formula is C22H32IN3O3S. The molecule has 8 heteroatoms. The quantitative estimate of drug-likeness (QED) is 0.296. The summed E-state index contributed by atoms with van der Waals surface area (Å²) >= 11 is 0. The van der Waals surface area contributed by atoms with Crippen LogP contribution in [0.5, 0.6) is 5.75 Å². The maximum Gasteiger partial charge on any atom is 0.191 e. The first-order chi connectivity index (χ1) is 13.7. The van der Waals surface area contributed by atoms with E-state index in [0.29, 0.717) is 29.9 Å². The minimum atomic E-state index is -3.18. The Morgan fingerprint density at radius 2 is 1.63 bits per heavy atom. The number of aliphatic imine (C=N–C) groups is 1. The topological polar surface area (TPSA) is 79.8 Å². The van der Waals surface area contributed by atoms with E-state index < -0.39 is 9.84 Å². The van der Waals surface area contributed by atoms with Gasteiger partial charge in [0, 0.05) is 19.8 Å².